The molecule has 0 radical (unpaired) electrons. The minimum absolute atomic E-state index is 0.500. The van der Waals surface area contributed by atoms with Crippen molar-refractivity contribution in [3.05, 3.63) is 49.1 Å². The Kier molecular flexibility index (Phi) is 106. The Balaban J connectivity index is -0.0000000385. The standard InChI is InChI=1S/C6H10.C4H8.C3H6.C2H6.CH3F/c1-4-6(3)5-2;1-3-4-2;1-3-2;2*1-2/h4-5H,1H2,2-3H3;3-4H,1-2H3;3H,1H2,2H3;1-2H3;1H3/b6-5-;4-3-;;;. The van der Waals surface area contributed by atoms with Crippen LogP contribution in [0.15, 0.2) is 49.1 Å². The molecule has 0 aliphatic carbocycles. The normalized spacial score (nSPS) is 7.71. The molecule has 0 spiro atoms. The van der Waals surface area contributed by atoms with Gasteiger partial charge in [0.05, 0.1) is 7.18 Å². The van der Waals surface area contributed by atoms with E-state index < -0.39 is 0 Å². The zero-order valence-corrected chi connectivity index (χ0v) is 13.2. The molecule has 0 nitrogen and oxygen atoms in total. The summed E-state index contributed by atoms with van der Waals surface area (Å²) in [5.74, 6) is 0. The number of hydrogen-bond acceptors (Lipinski definition) is 0. The van der Waals surface area contributed by atoms with E-state index >= 15 is 0 Å². The second-order valence-electron chi connectivity index (χ2n) is 2.31. The van der Waals surface area contributed by atoms with Crippen molar-refractivity contribution in [1.82, 2.24) is 0 Å². The summed E-state index contributed by atoms with van der Waals surface area (Å²) in [6.45, 7) is 20.8. The molecule has 0 saturated heterocycles. The second-order valence-corrected chi connectivity index (χ2v) is 2.31. The largest absolute Gasteiger partial charge is 0.255 e. The van der Waals surface area contributed by atoms with Crippen molar-refractivity contribution < 1.29 is 4.39 Å². The first-order chi connectivity index (χ1) is 8.14. The quantitative estimate of drug-likeness (QED) is 0.363. The highest BCUT2D eigenvalue weighted by atomic mass is 19.1. The lowest BCUT2D eigenvalue weighted by Crippen LogP contribution is -1.57. The Morgan fingerprint density at radius 2 is 1.12 bits per heavy atom. The van der Waals surface area contributed by atoms with Gasteiger partial charge in [-0.05, 0) is 34.6 Å². The molecule has 17 heavy (non-hydrogen) atoms. The van der Waals surface area contributed by atoms with Gasteiger partial charge in [-0.1, -0.05) is 56.4 Å². The first kappa shape index (κ1) is 29.7. The van der Waals surface area contributed by atoms with Crippen molar-refractivity contribution in [2.45, 2.75) is 48.5 Å². The molecule has 0 aromatic heterocycles. The van der Waals surface area contributed by atoms with E-state index in [0.717, 1.165) is 0 Å². The van der Waals surface area contributed by atoms with Crippen LogP contribution in [-0.2, 0) is 0 Å². The molecule has 0 atom stereocenters. The molecule has 0 aromatic carbocycles. The molecule has 1 heteroatoms. The van der Waals surface area contributed by atoms with E-state index in [1.54, 1.807) is 6.08 Å². The van der Waals surface area contributed by atoms with Crippen molar-refractivity contribution in [2.24, 2.45) is 0 Å². The lowest BCUT2D eigenvalue weighted by Gasteiger charge is -1.78. The number of rotatable bonds is 1. The van der Waals surface area contributed by atoms with Crippen LogP contribution in [0.5, 0.6) is 0 Å². The zero-order chi connectivity index (χ0) is 15.1. The van der Waals surface area contributed by atoms with Crippen molar-refractivity contribution >= 4 is 0 Å². The average molecular weight is 244 g/mol. The van der Waals surface area contributed by atoms with Gasteiger partial charge in [-0.25, -0.2) is 0 Å². The van der Waals surface area contributed by atoms with Gasteiger partial charge in [0.1, 0.15) is 0 Å². The molecule has 0 amide bonds. The third-order valence-corrected chi connectivity index (χ3v) is 1.11. The SMILES string of the molecule is C/C=C\C.C=C/C(C)=C\C.C=CC.CC.CF. The maximum Gasteiger partial charge on any atom is 0.0785 e. The van der Waals surface area contributed by atoms with Gasteiger partial charge in [-0.2, -0.15) is 0 Å². The third-order valence-electron chi connectivity index (χ3n) is 1.11. The van der Waals surface area contributed by atoms with E-state index in [1.165, 1.54) is 5.57 Å². The molecule has 0 bridgehead atoms. The predicted octanol–water partition coefficient (Wildman–Crippen LogP) is 6.53. The van der Waals surface area contributed by atoms with Gasteiger partial charge < -0.3 is 0 Å². The predicted molar refractivity (Wildman–Crippen MR) is 84.4 cm³/mol. The van der Waals surface area contributed by atoms with Gasteiger partial charge >= 0.3 is 0 Å². The van der Waals surface area contributed by atoms with Crippen LogP contribution in [0.4, 0.5) is 4.39 Å². The molecule has 0 heterocycles. The summed E-state index contributed by atoms with van der Waals surface area (Å²) < 4.78 is 9.50. The molecule has 0 N–H and O–H groups in total. The second kappa shape index (κ2) is 60.5. The van der Waals surface area contributed by atoms with E-state index in [0.29, 0.717) is 7.18 Å². The van der Waals surface area contributed by atoms with Crippen LogP contribution in [0, 0.1) is 0 Å². The topological polar surface area (TPSA) is 0 Å². The zero-order valence-electron chi connectivity index (χ0n) is 13.2. The summed E-state index contributed by atoms with van der Waals surface area (Å²) in [5, 5.41) is 0. The maximum atomic E-state index is 9.50. The Hall–Kier alpha value is -1.11. The van der Waals surface area contributed by atoms with Gasteiger partial charge in [0.25, 0.3) is 0 Å². The minimum Gasteiger partial charge on any atom is -0.255 e. The summed E-state index contributed by atoms with van der Waals surface area (Å²) in [6, 6.07) is 0. The van der Waals surface area contributed by atoms with Crippen LogP contribution in [0.25, 0.3) is 0 Å². The molecular formula is C16H33F. The van der Waals surface area contributed by atoms with Gasteiger partial charge in [-0.15, -0.1) is 6.58 Å². The van der Waals surface area contributed by atoms with Crippen molar-refractivity contribution in [2.75, 3.05) is 7.18 Å². The molecule has 0 aliphatic heterocycles. The molecule has 104 valence electrons. The number of hydrogen-bond donors (Lipinski definition) is 0. The van der Waals surface area contributed by atoms with Crippen LogP contribution in [0.1, 0.15) is 48.5 Å². The Bertz CT molecular complexity index is 149. The number of allylic oxidation sites excluding steroid dienone is 6. The van der Waals surface area contributed by atoms with Crippen LogP contribution in [-0.4, -0.2) is 7.18 Å². The first-order valence-electron chi connectivity index (χ1n) is 5.91. The molecular weight excluding hydrogens is 211 g/mol. The van der Waals surface area contributed by atoms with E-state index in [4.69, 9.17) is 0 Å². The number of halogens is 1. The van der Waals surface area contributed by atoms with Gasteiger partial charge in [0.2, 0.25) is 0 Å². The van der Waals surface area contributed by atoms with E-state index in [2.05, 4.69) is 13.2 Å². The first-order valence-corrected chi connectivity index (χ1v) is 5.91. The van der Waals surface area contributed by atoms with Crippen molar-refractivity contribution in [3.63, 3.8) is 0 Å². The molecule has 0 saturated carbocycles. The Morgan fingerprint density at radius 3 is 1.12 bits per heavy atom. The summed E-state index contributed by atoms with van der Waals surface area (Å²) in [7, 11) is 0.500. The third kappa shape index (κ3) is 163. The van der Waals surface area contributed by atoms with Gasteiger partial charge in [-0.3, -0.25) is 4.39 Å². The van der Waals surface area contributed by atoms with Gasteiger partial charge in [0.15, 0.2) is 0 Å². The fourth-order valence-electron chi connectivity index (χ4n) is 0.118. The van der Waals surface area contributed by atoms with Crippen LogP contribution < -0.4 is 0 Å². The van der Waals surface area contributed by atoms with Crippen LogP contribution in [0.3, 0.4) is 0 Å². The van der Waals surface area contributed by atoms with E-state index in [1.807, 2.05) is 72.8 Å². The smallest absolute Gasteiger partial charge is 0.0785 e. The van der Waals surface area contributed by atoms with Gasteiger partial charge in [0, 0.05) is 0 Å². The van der Waals surface area contributed by atoms with Crippen molar-refractivity contribution in [1.29, 1.82) is 0 Å². The summed E-state index contributed by atoms with van der Waals surface area (Å²) in [5.41, 5.74) is 1.23. The molecule has 0 aliphatic rings. The highest BCUT2D eigenvalue weighted by molar-refractivity contribution is 5.10. The van der Waals surface area contributed by atoms with E-state index in [9.17, 15) is 4.39 Å². The highest BCUT2D eigenvalue weighted by Gasteiger charge is 1.66. The fourth-order valence-corrected chi connectivity index (χ4v) is 0.118. The Labute approximate surface area is 110 Å². The highest BCUT2D eigenvalue weighted by Crippen LogP contribution is 1.88. The maximum absolute atomic E-state index is 9.50. The number of alkyl halides is 1. The summed E-state index contributed by atoms with van der Waals surface area (Å²) in [4.78, 5) is 0. The fraction of sp³-hybridized carbons (Fsp3) is 0.500. The average Bonchev–Trinajstić information content (AvgIpc) is 2.43. The monoisotopic (exact) mass is 244 g/mol. The molecule has 0 unspecified atom stereocenters. The lowest BCUT2D eigenvalue weighted by atomic mass is 10.3. The molecule has 0 aromatic rings. The van der Waals surface area contributed by atoms with Crippen LogP contribution in [0.2, 0.25) is 0 Å². The summed E-state index contributed by atoms with van der Waals surface area (Å²) >= 11 is 0. The van der Waals surface area contributed by atoms with Crippen molar-refractivity contribution in [3.8, 4) is 0 Å². The lowest BCUT2D eigenvalue weighted by molar-refractivity contribution is 0.636. The van der Waals surface area contributed by atoms with Crippen LogP contribution >= 0.6 is 0 Å². The summed E-state index contributed by atoms with van der Waals surface area (Å²) in [6.07, 6.45) is 9.60. The molecule has 0 rings (SSSR count). The molecule has 0 fully saturated rings. The Morgan fingerprint density at radius 1 is 0.882 bits per heavy atom. The van der Waals surface area contributed by atoms with E-state index in [-0.39, 0.29) is 0 Å². The minimum atomic E-state index is 0.500.